The normalized spacial score (nSPS) is 26.0. The van der Waals surface area contributed by atoms with E-state index in [4.69, 9.17) is 4.74 Å². The third-order valence-electron chi connectivity index (χ3n) is 4.70. The highest BCUT2D eigenvalue weighted by Crippen LogP contribution is 2.42. The first kappa shape index (κ1) is 16.2. The molecule has 0 aromatic carbocycles. The molecule has 1 heterocycles. The maximum atomic E-state index is 5.45. The lowest BCUT2D eigenvalue weighted by Crippen LogP contribution is -2.35. The maximum absolute atomic E-state index is 5.45. The van der Waals surface area contributed by atoms with Crippen LogP contribution in [0.15, 0.2) is 12.4 Å². The van der Waals surface area contributed by atoms with Gasteiger partial charge in [-0.15, -0.1) is 0 Å². The Bertz CT molecular complexity index is 436. The molecule has 0 amide bonds. The summed E-state index contributed by atoms with van der Waals surface area (Å²) >= 11 is 0. The van der Waals surface area contributed by atoms with Crippen LogP contribution >= 0.6 is 0 Å². The topological polar surface area (TPSA) is 47.0 Å². The Morgan fingerprint density at radius 2 is 2.05 bits per heavy atom. The average molecular weight is 291 g/mol. The van der Waals surface area contributed by atoms with Crippen molar-refractivity contribution in [1.82, 2.24) is 15.3 Å². The summed E-state index contributed by atoms with van der Waals surface area (Å²) in [6.45, 7) is 7.76. The van der Waals surface area contributed by atoms with Gasteiger partial charge < -0.3 is 10.1 Å². The molecule has 0 spiro atoms. The Kier molecular flexibility index (Phi) is 5.97. The second-order valence-corrected chi connectivity index (χ2v) is 6.47. The summed E-state index contributed by atoms with van der Waals surface area (Å²) in [6, 6.07) is 0.526. The molecule has 3 atom stereocenters. The van der Waals surface area contributed by atoms with Crippen LogP contribution in [0.2, 0.25) is 0 Å². The first-order valence-electron chi connectivity index (χ1n) is 8.23. The second kappa shape index (κ2) is 7.74. The number of methoxy groups -OCH3 is 1. The van der Waals surface area contributed by atoms with Gasteiger partial charge in [-0.2, -0.15) is 0 Å². The molecule has 4 heteroatoms. The highest BCUT2D eigenvalue weighted by Gasteiger charge is 2.33. The first-order valence-corrected chi connectivity index (χ1v) is 8.23. The minimum absolute atomic E-state index is 0.457. The Morgan fingerprint density at radius 3 is 2.71 bits per heavy atom. The molecule has 118 valence electrons. The van der Waals surface area contributed by atoms with Gasteiger partial charge in [0.25, 0.3) is 0 Å². The number of hydrogen-bond donors (Lipinski definition) is 1. The van der Waals surface area contributed by atoms with Gasteiger partial charge in [0, 0.05) is 24.4 Å². The van der Waals surface area contributed by atoms with Crippen LogP contribution in [0.4, 0.5) is 0 Å². The van der Waals surface area contributed by atoms with Crippen LogP contribution < -0.4 is 10.1 Å². The smallest absolute Gasteiger partial charge is 0.235 e. The van der Waals surface area contributed by atoms with Crippen LogP contribution in [0.3, 0.4) is 0 Å². The van der Waals surface area contributed by atoms with Gasteiger partial charge in [-0.1, -0.05) is 33.6 Å². The van der Waals surface area contributed by atoms with Gasteiger partial charge in [0.2, 0.25) is 5.88 Å². The fraction of sp³-hybridized carbons (Fsp3) is 0.765. The zero-order valence-electron chi connectivity index (χ0n) is 13.8. The van der Waals surface area contributed by atoms with Crippen LogP contribution in [-0.2, 0) is 0 Å². The van der Waals surface area contributed by atoms with Crippen molar-refractivity contribution in [3.8, 4) is 5.88 Å². The van der Waals surface area contributed by atoms with Gasteiger partial charge in [0.05, 0.1) is 7.11 Å². The summed E-state index contributed by atoms with van der Waals surface area (Å²) in [4.78, 5) is 8.95. The lowest BCUT2D eigenvalue weighted by atomic mass is 9.71. The molecule has 0 saturated heterocycles. The molecule has 4 nitrogen and oxygen atoms in total. The van der Waals surface area contributed by atoms with E-state index in [2.05, 4.69) is 36.1 Å². The Labute approximate surface area is 128 Å². The van der Waals surface area contributed by atoms with Crippen molar-refractivity contribution in [1.29, 1.82) is 0 Å². The molecule has 0 radical (unpaired) electrons. The molecule has 3 unspecified atom stereocenters. The van der Waals surface area contributed by atoms with E-state index < -0.39 is 0 Å². The molecular weight excluding hydrogens is 262 g/mol. The number of aromatic nitrogens is 2. The van der Waals surface area contributed by atoms with Gasteiger partial charge >= 0.3 is 0 Å². The molecule has 1 aromatic rings. The Morgan fingerprint density at radius 1 is 1.29 bits per heavy atom. The first-order chi connectivity index (χ1) is 10.2. The lowest BCUT2D eigenvalue weighted by molar-refractivity contribution is 0.214. The van der Waals surface area contributed by atoms with Gasteiger partial charge in [-0.05, 0) is 31.2 Å². The molecule has 0 aliphatic heterocycles. The highest BCUT2D eigenvalue weighted by molar-refractivity contribution is 5.23. The Balaban J connectivity index is 2.19. The largest absolute Gasteiger partial charge is 0.480 e. The van der Waals surface area contributed by atoms with Crippen molar-refractivity contribution in [2.75, 3.05) is 13.7 Å². The maximum Gasteiger partial charge on any atom is 0.235 e. The summed E-state index contributed by atoms with van der Waals surface area (Å²) < 4.78 is 5.45. The summed E-state index contributed by atoms with van der Waals surface area (Å²) in [6.07, 6.45) is 8.56. The molecule has 1 aromatic heterocycles. The van der Waals surface area contributed by atoms with Gasteiger partial charge in [-0.3, -0.25) is 4.98 Å². The summed E-state index contributed by atoms with van der Waals surface area (Å²) in [5.41, 5.74) is 1.05. The standard InChI is InChI=1S/C17H29N3O/c1-5-13-6-7-14(11-20-12(2)3)15(10-13)16-17(21-4)19-9-8-18-16/h8-9,12-15,20H,5-7,10-11H2,1-4H3. The number of nitrogens with one attached hydrogen (secondary N) is 1. The predicted octanol–water partition coefficient (Wildman–Crippen LogP) is 3.39. The van der Waals surface area contributed by atoms with Crippen LogP contribution in [0.5, 0.6) is 5.88 Å². The number of ether oxygens (including phenoxy) is 1. The van der Waals surface area contributed by atoms with Crippen molar-refractivity contribution in [2.45, 2.75) is 58.4 Å². The SMILES string of the molecule is CCC1CCC(CNC(C)C)C(c2nccnc2OC)C1. The van der Waals surface area contributed by atoms with Crippen molar-refractivity contribution >= 4 is 0 Å². The molecule has 21 heavy (non-hydrogen) atoms. The molecule has 1 aliphatic rings. The zero-order valence-corrected chi connectivity index (χ0v) is 13.8. The molecule has 1 aliphatic carbocycles. The van der Waals surface area contributed by atoms with Gasteiger partial charge in [0.1, 0.15) is 5.69 Å². The highest BCUT2D eigenvalue weighted by atomic mass is 16.5. The van der Waals surface area contributed by atoms with Gasteiger partial charge in [-0.25, -0.2) is 4.98 Å². The quantitative estimate of drug-likeness (QED) is 0.872. The third-order valence-corrected chi connectivity index (χ3v) is 4.70. The molecule has 1 N–H and O–H groups in total. The lowest BCUT2D eigenvalue weighted by Gasteiger charge is -2.36. The van der Waals surface area contributed by atoms with E-state index in [0.717, 1.165) is 18.2 Å². The zero-order chi connectivity index (χ0) is 15.2. The summed E-state index contributed by atoms with van der Waals surface area (Å²) in [7, 11) is 1.69. The fourth-order valence-corrected chi connectivity index (χ4v) is 3.41. The van der Waals surface area contributed by atoms with E-state index in [-0.39, 0.29) is 0 Å². The third kappa shape index (κ3) is 4.16. The van der Waals surface area contributed by atoms with E-state index in [1.54, 1.807) is 19.5 Å². The monoisotopic (exact) mass is 291 g/mol. The molecule has 1 saturated carbocycles. The predicted molar refractivity (Wildman–Crippen MR) is 85.6 cm³/mol. The van der Waals surface area contributed by atoms with Crippen LogP contribution in [0.25, 0.3) is 0 Å². The van der Waals surface area contributed by atoms with Crippen LogP contribution in [0.1, 0.15) is 58.1 Å². The van der Waals surface area contributed by atoms with E-state index in [0.29, 0.717) is 23.8 Å². The van der Waals surface area contributed by atoms with Gasteiger partial charge in [0.15, 0.2) is 0 Å². The molecule has 2 rings (SSSR count). The van der Waals surface area contributed by atoms with E-state index in [1.807, 2.05) is 0 Å². The Hall–Kier alpha value is -1.16. The van der Waals surface area contributed by atoms with E-state index in [9.17, 15) is 0 Å². The minimum Gasteiger partial charge on any atom is -0.480 e. The average Bonchev–Trinajstić information content (AvgIpc) is 2.52. The van der Waals surface area contributed by atoms with Crippen molar-refractivity contribution in [3.05, 3.63) is 18.1 Å². The minimum atomic E-state index is 0.457. The molecular formula is C17H29N3O. The van der Waals surface area contributed by atoms with Crippen molar-refractivity contribution in [2.24, 2.45) is 11.8 Å². The van der Waals surface area contributed by atoms with Crippen molar-refractivity contribution < 1.29 is 4.74 Å². The van der Waals surface area contributed by atoms with Crippen LogP contribution in [-0.4, -0.2) is 29.7 Å². The second-order valence-electron chi connectivity index (χ2n) is 6.47. The van der Waals surface area contributed by atoms with Crippen LogP contribution in [0, 0.1) is 11.8 Å². The molecule has 1 fully saturated rings. The summed E-state index contributed by atoms with van der Waals surface area (Å²) in [5, 5.41) is 3.60. The van der Waals surface area contributed by atoms with E-state index in [1.165, 1.54) is 25.7 Å². The molecule has 0 bridgehead atoms. The fourth-order valence-electron chi connectivity index (χ4n) is 3.41. The number of rotatable bonds is 6. The van der Waals surface area contributed by atoms with Crippen molar-refractivity contribution in [3.63, 3.8) is 0 Å². The summed E-state index contributed by atoms with van der Waals surface area (Å²) in [5.74, 6) is 2.59. The van der Waals surface area contributed by atoms with E-state index >= 15 is 0 Å². The number of nitrogens with zero attached hydrogens (tertiary/aromatic N) is 2. The number of hydrogen-bond acceptors (Lipinski definition) is 4.